The van der Waals surface area contributed by atoms with Crippen molar-refractivity contribution >= 4 is 40.6 Å². The van der Waals surface area contributed by atoms with Gasteiger partial charge in [0.1, 0.15) is 0 Å². The number of halogens is 2. The predicted molar refractivity (Wildman–Crippen MR) is 79.5 cm³/mol. The Bertz CT molecular complexity index is 613. The van der Waals surface area contributed by atoms with Crippen LogP contribution in [0.5, 0.6) is 0 Å². The van der Waals surface area contributed by atoms with Gasteiger partial charge in [0.2, 0.25) is 10.7 Å². The Hall–Kier alpha value is -1.39. The van der Waals surface area contributed by atoms with Crippen LogP contribution in [0.2, 0.25) is 5.02 Å². The Labute approximate surface area is 127 Å². The number of Topliss-reactive ketones (excluding diaryl/α,β-unsaturated/α-hetero) is 1. The molecule has 0 aliphatic carbocycles. The number of hydrazone groups is 1. The van der Waals surface area contributed by atoms with Crippen molar-refractivity contribution in [1.82, 2.24) is 5.01 Å². The van der Waals surface area contributed by atoms with E-state index in [9.17, 15) is 9.59 Å². The molecule has 106 valence electrons. The number of amides is 1. The Kier molecular flexibility index (Phi) is 3.89. The van der Waals surface area contributed by atoms with Crippen LogP contribution >= 0.6 is 23.2 Å². The third kappa shape index (κ3) is 2.13. The Balaban J connectivity index is 2.47. The molecule has 20 heavy (non-hydrogen) atoms. The molecule has 0 fully saturated rings. The van der Waals surface area contributed by atoms with Crippen LogP contribution in [0.1, 0.15) is 31.1 Å². The number of hydrogen-bond donors (Lipinski definition) is 0. The van der Waals surface area contributed by atoms with E-state index in [0.717, 1.165) is 0 Å². The second-order valence-corrected chi connectivity index (χ2v) is 5.87. The van der Waals surface area contributed by atoms with Gasteiger partial charge >= 0.3 is 0 Å². The number of nitrogens with zero attached hydrogens (tertiary/aromatic N) is 2. The van der Waals surface area contributed by atoms with Crippen molar-refractivity contribution in [3.05, 3.63) is 34.9 Å². The second kappa shape index (κ2) is 5.19. The molecular formula is C14H14Cl2N2O2. The summed E-state index contributed by atoms with van der Waals surface area (Å²) in [6.07, 6.45) is 0. The van der Waals surface area contributed by atoms with Gasteiger partial charge in [0.15, 0.2) is 0 Å². The number of carbonyl (C=O) groups excluding carboxylic acids is 2. The molecule has 1 atom stereocenters. The zero-order valence-corrected chi connectivity index (χ0v) is 12.9. The molecule has 1 amide bonds. The lowest BCUT2D eigenvalue weighted by Crippen LogP contribution is -2.48. The van der Waals surface area contributed by atoms with Crippen molar-refractivity contribution in [3.8, 4) is 0 Å². The highest BCUT2D eigenvalue weighted by molar-refractivity contribution is 6.61. The minimum atomic E-state index is -1.80. The van der Waals surface area contributed by atoms with Crippen LogP contribution in [0.15, 0.2) is 29.4 Å². The van der Waals surface area contributed by atoms with Gasteiger partial charge < -0.3 is 0 Å². The predicted octanol–water partition coefficient (Wildman–Crippen LogP) is 3.13. The van der Waals surface area contributed by atoms with Gasteiger partial charge in [-0.05, 0) is 32.9 Å². The smallest absolute Gasteiger partial charge is 0.278 e. The zero-order chi connectivity index (χ0) is 15.1. The van der Waals surface area contributed by atoms with Gasteiger partial charge in [-0.3, -0.25) is 9.59 Å². The van der Waals surface area contributed by atoms with E-state index in [2.05, 4.69) is 5.10 Å². The molecule has 0 saturated heterocycles. The Morgan fingerprint density at radius 1 is 1.35 bits per heavy atom. The number of hydrogen-bond acceptors (Lipinski definition) is 3. The summed E-state index contributed by atoms with van der Waals surface area (Å²) in [7, 11) is 0. The van der Waals surface area contributed by atoms with Gasteiger partial charge in [0.25, 0.3) is 5.91 Å². The molecular weight excluding hydrogens is 299 g/mol. The van der Waals surface area contributed by atoms with E-state index >= 15 is 0 Å². The van der Waals surface area contributed by atoms with Gasteiger partial charge in [-0.1, -0.05) is 35.3 Å². The number of carbonyl (C=O) groups is 2. The van der Waals surface area contributed by atoms with Gasteiger partial charge in [-0.15, -0.1) is 0 Å². The molecule has 1 aromatic rings. The molecule has 0 spiro atoms. The van der Waals surface area contributed by atoms with Crippen molar-refractivity contribution < 1.29 is 9.59 Å². The van der Waals surface area contributed by atoms with E-state index in [-0.39, 0.29) is 22.3 Å². The number of ketones is 1. The van der Waals surface area contributed by atoms with E-state index in [1.807, 2.05) is 0 Å². The average molecular weight is 313 g/mol. The second-order valence-electron chi connectivity index (χ2n) is 4.90. The normalized spacial score (nSPS) is 22.4. The molecule has 4 nitrogen and oxygen atoms in total. The molecule has 0 N–H and O–H groups in total. The first-order chi connectivity index (χ1) is 9.30. The van der Waals surface area contributed by atoms with E-state index in [1.54, 1.807) is 45.0 Å². The fraction of sp³-hybridized carbons (Fsp3) is 0.357. The van der Waals surface area contributed by atoms with Crippen LogP contribution in [0.3, 0.4) is 0 Å². The summed E-state index contributed by atoms with van der Waals surface area (Å²) in [5, 5.41) is 5.60. The maximum absolute atomic E-state index is 12.6. The van der Waals surface area contributed by atoms with Crippen molar-refractivity contribution in [2.75, 3.05) is 0 Å². The van der Waals surface area contributed by atoms with Crippen LogP contribution in [-0.2, 0) is 4.79 Å². The lowest BCUT2D eigenvalue weighted by molar-refractivity contribution is -0.131. The molecule has 2 rings (SSSR count). The molecule has 0 radical (unpaired) electrons. The van der Waals surface area contributed by atoms with Crippen LogP contribution in [0.25, 0.3) is 0 Å². The fourth-order valence-corrected chi connectivity index (χ4v) is 2.48. The molecule has 0 aromatic heterocycles. The molecule has 1 heterocycles. The maximum Gasteiger partial charge on any atom is 0.278 e. The summed E-state index contributed by atoms with van der Waals surface area (Å²) in [6.45, 7) is 5.18. The maximum atomic E-state index is 12.6. The largest absolute Gasteiger partial charge is 0.291 e. The van der Waals surface area contributed by atoms with Crippen molar-refractivity contribution in [1.29, 1.82) is 0 Å². The summed E-state index contributed by atoms with van der Waals surface area (Å²) in [5.74, 6) is -1.07. The quantitative estimate of drug-likeness (QED) is 0.489. The van der Waals surface area contributed by atoms with Crippen LogP contribution in [-0.4, -0.2) is 33.3 Å². The molecule has 1 aliphatic rings. The van der Waals surface area contributed by atoms with Gasteiger partial charge in [0, 0.05) is 5.56 Å². The number of rotatable bonds is 3. The van der Waals surface area contributed by atoms with E-state index in [0.29, 0.717) is 0 Å². The first-order valence-corrected chi connectivity index (χ1v) is 6.93. The number of benzene rings is 1. The highest BCUT2D eigenvalue weighted by Crippen LogP contribution is 2.34. The minimum absolute atomic E-state index is 0.169. The summed E-state index contributed by atoms with van der Waals surface area (Å²) < 4.78 is 0. The van der Waals surface area contributed by atoms with Crippen LogP contribution in [0, 0.1) is 0 Å². The van der Waals surface area contributed by atoms with Crippen molar-refractivity contribution in [2.45, 2.75) is 31.7 Å². The lowest BCUT2D eigenvalue weighted by atomic mass is 9.92. The van der Waals surface area contributed by atoms with E-state index in [4.69, 9.17) is 23.2 Å². The highest BCUT2D eigenvalue weighted by Gasteiger charge is 2.54. The summed E-state index contributed by atoms with van der Waals surface area (Å²) in [5.41, 5.74) is 0.487. The summed E-state index contributed by atoms with van der Waals surface area (Å²) >= 11 is 12.3. The van der Waals surface area contributed by atoms with Crippen molar-refractivity contribution in [3.63, 3.8) is 0 Å². The topological polar surface area (TPSA) is 49.7 Å². The SMILES string of the molecule is CC1=NN(C(C)C)C(=O)C1(Cl)C(=O)c1ccccc1Cl. The first kappa shape index (κ1) is 15.0. The van der Waals surface area contributed by atoms with Crippen LogP contribution < -0.4 is 0 Å². The van der Waals surface area contributed by atoms with Gasteiger partial charge in [-0.2, -0.15) is 5.10 Å². The lowest BCUT2D eigenvalue weighted by Gasteiger charge is -2.22. The Morgan fingerprint density at radius 3 is 2.45 bits per heavy atom. The summed E-state index contributed by atoms with van der Waals surface area (Å²) in [4.78, 5) is 23.3. The van der Waals surface area contributed by atoms with E-state index in [1.165, 1.54) is 5.01 Å². The molecule has 0 saturated carbocycles. The fourth-order valence-electron chi connectivity index (χ4n) is 2.03. The molecule has 1 aromatic carbocycles. The first-order valence-electron chi connectivity index (χ1n) is 6.17. The molecule has 6 heteroatoms. The molecule has 1 unspecified atom stereocenters. The van der Waals surface area contributed by atoms with E-state index < -0.39 is 16.6 Å². The van der Waals surface area contributed by atoms with Gasteiger partial charge in [-0.25, -0.2) is 5.01 Å². The third-order valence-electron chi connectivity index (χ3n) is 3.18. The number of alkyl halides is 1. The molecule has 1 aliphatic heterocycles. The van der Waals surface area contributed by atoms with Crippen molar-refractivity contribution in [2.24, 2.45) is 5.10 Å². The Morgan fingerprint density at radius 2 is 1.95 bits per heavy atom. The highest BCUT2D eigenvalue weighted by atomic mass is 35.5. The zero-order valence-electron chi connectivity index (χ0n) is 11.4. The summed E-state index contributed by atoms with van der Waals surface area (Å²) in [6, 6.07) is 6.34. The minimum Gasteiger partial charge on any atom is -0.291 e. The van der Waals surface area contributed by atoms with Crippen LogP contribution in [0.4, 0.5) is 0 Å². The molecule has 0 bridgehead atoms. The van der Waals surface area contributed by atoms with Gasteiger partial charge in [0.05, 0.1) is 16.8 Å². The standard InChI is InChI=1S/C14H14Cl2N2O2/c1-8(2)18-13(20)14(16,9(3)17-18)12(19)10-6-4-5-7-11(10)15/h4-8H,1-3H3. The third-order valence-corrected chi connectivity index (χ3v) is 4.12. The average Bonchev–Trinajstić information content (AvgIpc) is 2.64. The monoisotopic (exact) mass is 312 g/mol.